The Hall–Kier alpha value is -0.140. The third-order valence-electron chi connectivity index (χ3n) is 1.47. The van der Waals surface area contributed by atoms with E-state index in [0.717, 1.165) is 30.9 Å². The molecule has 0 N–H and O–H groups in total. The molecule has 0 bridgehead atoms. The van der Waals surface area contributed by atoms with Gasteiger partial charge in [-0.15, -0.1) is 0 Å². The average Bonchev–Trinajstić information content (AvgIpc) is 2.57. The van der Waals surface area contributed by atoms with Crippen LogP contribution in [0.2, 0.25) is 0 Å². The van der Waals surface area contributed by atoms with Gasteiger partial charge in [-0.25, -0.2) is 0 Å². The van der Waals surface area contributed by atoms with Gasteiger partial charge in [-0.05, 0) is 12.8 Å². The summed E-state index contributed by atoms with van der Waals surface area (Å²) in [5.41, 5.74) is 0. The lowest BCUT2D eigenvalue weighted by molar-refractivity contribution is 0.831. The second kappa shape index (κ2) is 6.38. The lowest BCUT2D eigenvalue weighted by Gasteiger charge is -1.97. The Kier molecular flexibility index (Phi) is 5.29. The monoisotopic (exact) mass is 200 g/mol. The second-order valence-corrected chi connectivity index (χ2v) is 4.89. The molecule has 4 heteroatoms. The van der Waals surface area contributed by atoms with Crippen LogP contribution in [0.15, 0.2) is 4.99 Å². The van der Waals surface area contributed by atoms with Crippen molar-refractivity contribution in [1.29, 1.82) is 5.26 Å². The molecule has 66 valence electrons. The molecule has 2 nitrogen and oxygen atoms in total. The molecule has 0 fully saturated rings. The van der Waals surface area contributed by atoms with Crippen LogP contribution in [-0.4, -0.2) is 22.4 Å². The Morgan fingerprint density at radius 1 is 1.58 bits per heavy atom. The van der Waals surface area contributed by atoms with Gasteiger partial charge in [-0.1, -0.05) is 23.5 Å². The third-order valence-corrected chi connectivity index (χ3v) is 3.80. The molecule has 0 aromatic carbocycles. The van der Waals surface area contributed by atoms with Crippen LogP contribution >= 0.6 is 23.5 Å². The molecular weight excluding hydrogens is 188 g/mol. The molecule has 0 aromatic rings. The first kappa shape index (κ1) is 9.94. The molecule has 0 aliphatic carbocycles. The predicted molar refractivity (Wildman–Crippen MR) is 56.7 cm³/mol. The first-order chi connectivity index (χ1) is 5.93. The van der Waals surface area contributed by atoms with Crippen molar-refractivity contribution < 1.29 is 0 Å². The van der Waals surface area contributed by atoms with Gasteiger partial charge in [0.1, 0.15) is 4.38 Å². The Bertz CT molecular complexity index is 196. The molecule has 0 radical (unpaired) electrons. The van der Waals surface area contributed by atoms with Crippen molar-refractivity contribution in [2.24, 2.45) is 4.99 Å². The average molecular weight is 200 g/mol. The summed E-state index contributed by atoms with van der Waals surface area (Å²) in [4.78, 5) is 4.33. The van der Waals surface area contributed by atoms with Crippen molar-refractivity contribution in [2.75, 3.05) is 18.1 Å². The molecule has 1 aliphatic heterocycles. The van der Waals surface area contributed by atoms with Crippen molar-refractivity contribution in [2.45, 2.75) is 19.3 Å². The summed E-state index contributed by atoms with van der Waals surface area (Å²) in [5.74, 6) is 2.27. The SMILES string of the molecule is N#CCCCCSC1=NCCS1. The smallest absolute Gasteiger partial charge is 0.124 e. The molecule has 1 heterocycles. The summed E-state index contributed by atoms with van der Waals surface area (Å²) < 4.78 is 1.24. The first-order valence-corrected chi connectivity index (χ1v) is 6.07. The van der Waals surface area contributed by atoms with Gasteiger partial charge in [0, 0.05) is 17.9 Å². The number of nitriles is 1. The first-order valence-electron chi connectivity index (χ1n) is 4.10. The van der Waals surface area contributed by atoms with Crippen LogP contribution in [0.25, 0.3) is 0 Å². The minimum absolute atomic E-state index is 0.695. The van der Waals surface area contributed by atoms with E-state index in [4.69, 9.17) is 5.26 Å². The van der Waals surface area contributed by atoms with E-state index in [1.165, 1.54) is 4.38 Å². The number of nitrogens with zero attached hydrogens (tertiary/aromatic N) is 2. The standard InChI is InChI=1S/C8H12N2S2/c9-4-2-1-3-6-11-8-10-5-7-12-8/h1-3,5-7H2. The molecule has 0 amide bonds. The highest BCUT2D eigenvalue weighted by atomic mass is 32.2. The summed E-state index contributed by atoms with van der Waals surface area (Å²) in [6.07, 6.45) is 2.86. The van der Waals surface area contributed by atoms with Crippen molar-refractivity contribution in [1.82, 2.24) is 0 Å². The van der Waals surface area contributed by atoms with Crippen molar-refractivity contribution in [3.8, 4) is 6.07 Å². The van der Waals surface area contributed by atoms with Crippen molar-refractivity contribution in [3.05, 3.63) is 0 Å². The van der Waals surface area contributed by atoms with E-state index in [0.29, 0.717) is 6.42 Å². The topological polar surface area (TPSA) is 36.1 Å². The second-order valence-electron chi connectivity index (χ2n) is 2.46. The predicted octanol–water partition coefficient (Wildman–Crippen LogP) is 2.52. The summed E-state index contributed by atoms with van der Waals surface area (Å²) >= 11 is 3.69. The number of unbranched alkanes of at least 4 members (excludes halogenated alkanes) is 2. The lowest BCUT2D eigenvalue weighted by Crippen LogP contribution is -1.85. The van der Waals surface area contributed by atoms with Crippen LogP contribution in [0.5, 0.6) is 0 Å². The molecule has 0 saturated heterocycles. The van der Waals surface area contributed by atoms with Crippen LogP contribution < -0.4 is 0 Å². The summed E-state index contributed by atoms with van der Waals surface area (Å²) in [6.45, 7) is 0.991. The van der Waals surface area contributed by atoms with E-state index in [9.17, 15) is 0 Å². The zero-order valence-electron chi connectivity index (χ0n) is 6.95. The summed E-state index contributed by atoms with van der Waals surface area (Å²) in [6, 6.07) is 2.15. The van der Waals surface area contributed by atoms with E-state index < -0.39 is 0 Å². The van der Waals surface area contributed by atoms with Crippen LogP contribution in [0, 0.1) is 11.3 Å². The van der Waals surface area contributed by atoms with Crippen molar-refractivity contribution >= 4 is 27.9 Å². The van der Waals surface area contributed by atoms with E-state index >= 15 is 0 Å². The van der Waals surface area contributed by atoms with Gasteiger partial charge >= 0.3 is 0 Å². The summed E-state index contributed by atoms with van der Waals surface area (Å²) in [7, 11) is 0. The minimum atomic E-state index is 0.695. The van der Waals surface area contributed by atoms with Gasteiger partial charge < -0.3 is 0 Å². The van der Waals surface area contributed by atoms with Gasteiger partial charge in [0.05, 0.1) is 12.6 Å². The number of hydrogen-bond donors (Lipinski definition) is 0. The molecule has 0 spiro atoms. The van der Waals surface area contributed by atoms with E-state index in [2.05, 4.69) is 11.1 Å². The molecule has 0 atom stereocenters. The molecule has 0 unspecified atom stereocenters. The Balaban J connectivity index is 1.92. The number of aliphatic imine (C=N–C) groups is 1. The maximum absolute atomic E-state index is 8.29. The fourth-order valence-electron chi connectivity index (χ4n) is 0.868. The van der Waals surface area contributed by atoms with Crippen LogP contribution in [0.3, 0.4) is 0 Å². The Labute approximate surface area is 81.8 Å². The van der Waals surface area contributed by atoms with Gasteiger partial charge in [-0.2, -0.15) is 5.26 Å². The highest BCUT2D eigenvalue weighted by Crippen LogP contribution is 2.22. The Morgan fingerprint density at radius 3 is 3.17 bits per heavy atom. The zero-order chi connectivity index (χ0) is 8.65. The van der Waals surface area contributed by atoms with E-state index in [1.54, 1.807) is 0 Å². The molecular formula is C8H12N2S2. The number of thioether (sulfide) groups is 2. The number of rotatable bonds is 4. The van der Waals surface area contributed by atoms with E-state index in [-0.39, 0.29) is 0 Å². The molecule has 12 heavy (non-hydrogen) atoms. The zero-order valence-corrected chi connectivity index (χ0v) is 8.59. The molecule has 0 saturated carbocycles. The van der Waals surface area contributed by atoms with E-state index in [1.807, 2.05) is 23.5 Å². The van der Waals surface area contributed by atoms with Gasteiger partial charge in [0.15, 0.2) is 0 Å². The Morgan fingerprint density at radius 2 is 2.50 bits per heavy atom. The number of hydrogen-bond acceptors (Lipinski definition) is 4. The van der Waals surface area contributed by atoms with Crippen LogP contribution in [-0.2, 0) is 0 Å². The van der Waals surface area contributed by atoms with Gasteiger partial charge in [-0.3, -0.25) is 4.99 Å². The summed E-state index contributed by atoms with van der Waals surface area (Å²) in [5, 5.41) is 8.29. The highest BCUT2D eigenvalue weighted by Gasteiger charge is 2.06. The quantitative estimate of drug-likeness (QED) is 0.654. The fourth-order valence-corrected chi connectivity index (χ4v) is 2.95. The van der Waals surface area contributed by atoms with Gasteiger partial charge in [0.2, 0.25) is 0 Å². The highest BCUT2D eigenvalue weighted by molar-refractivity contribution is 8.39. The fraction of sp³-hybridized carbons (Fsp3) is 0.750. The molecule has 1 aliphatic rings. The molecule has 1 rings (SSSR count). The minimum Gasteiger partial charge on any atom is -0.271 e. The normalized spacial score (nSPS) is 15.8. The van der Waals surface area contributed by atoms with Crippen LogP contribution in [0.1, 0.15) is 19.3 Å². The van der Waals surface area contributed by atoms with Crippen LogP contribution in [0.4, 0.5) is 0 Å². The maximum Gasteiger partial charge on any atom is 0.124 e. The largest absolute Gasteiger partial charge is 0.271 e. The lowest BCUT2D eigenvalue weighted by atomic mass is 10.3. The maximum atomic E-state index is 8.29. The molecule has 0 aromatic heterocycles. The van der Waals surface area contributed by atoms with Gasteiger partial charge in [0.25, 0.3) is 0 Å². The van der Waals surface area contributed by atoms with Crippen molar-refractivity contribution in [3.63, 3.8) is 0 Å². The third kappa shape index (κ3) is 4.03.